The molecular weight excluding hydrogens is 246 g/mol. The number of anilines is 2. The first-order valence-electron chi connectivity index (χ1n) is 6.19. The molecule has 0 radical (unpaired) electrons. The van der Waals surface area contributed by atoms with E-state index >= 15 is 0 Å². The summed E-state index contributed by atoms with van der Waals surface area (Å²) < 4.78 is 15.5. The van der Waals surface area contributed by atoms with Crippen LogP contribution in [0, 0.1) is 0 Å². The number of nitrogens with zero attached hydrogens (tertiary/aromatic N) is 2. The number of ether oxygens (including phenoxy) is 3. The quantitative estimate of drug-likeness (QED) is 0.763. The monoisotopic (exact) mass is 269 g/mol. The second-order valence-electron chi connectivity index (χ2n) is 4.26. The van der Waals surface area contributed by atoms with Crippen molar-refractivity contribution in [1.29, 1.82) is 0 Å². The van der Waals surface area contributed by atoms with Crippen molar-refractivity contribution in [2.75, 3.05) is 51.7 Å². The standard InChI is InChI=1S/C13H23N3O3/c1-10(9-18-3)16(7-8-17-2)13-11(14)5-6-12(15-13)19-4/h5-6,10H,7-9,14H2,1-4H3. The minimum Gasteiger partial charge on any atom is -0.481 e. The lowest BCUT2D eigenvalue weighted by Crippen LogP contribution is -2.39. The summed E-state index contributed by atoms with van der Waals surface area (Å²) in [5, 5.41) is 0. The van der Waals surface area contributed by atoms with Crippen LogP contribution < -0.4 is 15.4 Å². The van der Waals surface area contributed by atoms with E-state index in [9.17, 15) is 0 Å². The van der Waals surface area contributed by atoms with Crippen molar-refractivity contribution >= 4 is 11.5 Å². The summed E-state index contributed by atoms with van der Waals surface area (Å²) >= 11 is 0. The van der Waals surface area contributed by atoms with Gasteiger partial charge in [0.2, 0.25) is 5.88 Å². The zero-order valence-electron chi connectivity index (χ0n) is 12.0. The molecular formula is C13H23N3O3. The van der Waals surface area contributed by atoms with Crippen molar-refractivity contribution in [3.63, 3.8) is 0 Å². The van der Waals surface area contributed by atoms with Gasteiger partial charge in [-0.3, -0.25) is 0 Å². The summed E-state index contributed by atoms with van der Waals surface area (Å²) in [5.41, 5.74) is 6.62. The van der Waals surface area contributed by atoms with Gasteiger partial charge < -0.3 is 24.8 Å². The van der Waals surface area contributed by atoms with Crippen LogP contribution in [0.5, 0.6) is 5.88 Å². The lowest BCUT2D eigenvalue weighted by molar-refractivity contribution is 0.170. The summed E-state index contributed by atoms with van der Waals surface area (Å²) in [5.74, 6) is 1.23. The van der Waals surface area contributed by atoms with E-state index in [1.807, 2.05) is 0 Å². The van der Waals surface area contributed by atoms with Crippen LogP contribution in [-0.2, 0) is 9.47 Å². The van der Waals surface area contributed by atoms with Crippen molar-refractivity contribution in [3.05, 3.63) is 12.1 Å². The lowest BCUT2D eigenvalue weighted by Gasteiger charge is -2.30. The number of methoxy groups -OCH3 is 3. The normalized spacial score (nSPS) is 12.2. The summed E-state index contributed by atoms with van der Waals surface area (Å²) in [6.07, 6.45) is 0. The molecule has 0 aliphatic rings. The lowest BCUT2D eigenvalue weighted by atomic mass is 10.2. The number of hydrogen-bond acceptors (Lipinski definition) is 6. The Kier molecular flexibility index (Phi) is 6.38. The van der Waals surface area contributed by atoms with Gasteiger partial charge in [0, 0.05) is 26.8 Å². The van der Waals surface area contributed by atoms with Gasteiger partial charge >= 0.3 is 0 Å². The van der Waals surface area contributed by atoms with E-state index in [1.165, 1.54) is 0 Å². The van der Waals surface area contributed by atoms with Crippen LogP contribution >= 0.6 is 0 Å². The topological polar surface area (TPSA) is 69.8 Å². The molecule has 0 aliphatic heterocycles. The first-order valence-corrected chi connectivity index (χ1v) is 6.19. The van der Waals surface area contributed by atoms with E-state index < -0.39 is 0 Å². The van der Waals surface area contributed by atoms with Crippen LogP contribution in [0.15, 0.2) is 12.1 Å². The third-order valence-electron chi connectivity index (χ3n) is 2.84. The SMILES string of the molecule is COCCN(c1nc(OC)ccc1N)C(C)COC. The maximum Gasteiger partial charge on any atom is 0.215 e. The molecule has 6 heteroatoms. The molecule has 0 amide bonds. The van der Waals surface area contributed by atoms with Crippen molar-refractivity contribution in [2.24, 2.45) is 0 Å². The smallest absolute Gasteiger partial charge is 0.215 e. The fourth-order valence-corrected chi connectivity index (χ4v) is 1.84. The molecule has 6 nitrogen and oxygen atoms in total. The van der Waals surface area contributed by atoms with E-state index in [0.29, 0.717) is 37.1 Å². The van der Waals surface area contributed by atoms with Crippen molar-refractivity contribution in [3.8, 4) is 5.88 Å². The van der Waals surface area contributed by atoms with Crippen LogP contribution in [-0.4, -0.2) is 52.1 Å². The number of hydrogen-bond donors (Lipinski definition) is 1. The van der Waals surface area contributed by atoms with Crippen molar-refractivity contribution < 1.29 is 14.2 Å². The molecule has 0 aromatic carbocycles. The Balaban J connectivity index is 3.00. The number of nitrogens with two attached hydrogens (primary N) is 1. The van der Waals surface area contributed by atoms with Gasteiger partial charge in [0.15, 0.2) is 5.82 Å². The maximum absolute atomic E-state index is 6.01. The van der Waals surface area contributed by atoms with Crippen molar-refractivity contribution in [2.45, 2.75) is 13.0 Å². The maximum atomic E-state index is 6.01. The summed E-state index contributed by atoms with van der Waals surface area (Å²) in [6.45, 7) is 3.92. The van der Waals surface area contributed by atoms with E-state index in [2.05, 4.69) is 16.8 Å². The van der Waals surface area contributed by atoms with Gasteiger partial charge in [0.25, 0.3) is 0 Å². The van der Waals surface area contributed by atoms with E-state index in [1.54, 1.807) is 33.5 Å². The predicted octanol–water partition coefficient (Wildman–Crippen LogP) is 1.16. The minimum absolute atomic E-state index is 0.141. The zero-order valence-corrected chi connectivity index (χ0v) is 12.0. The van der Waals surface area contributed by atoms with E-state index in [-0.39, 0.29) is 6.04 Å². The third-order valence-corrected chi connectivity index (χ3v) is 2.84. The molecule has 1 aromatic rings. The van der Waals surface area contributed by atoms with Gasteiger partial charge in [-0.2, -0.15) is 4.98 Å². The molecule has 0 aliphatic carbocycles. The highest BCUT2D eigenvalue weighted by Crippen LogP contribution is 2.25. The van der Waals surface area contributed by atoms with E-state index in [4.69, 9.17) is 19.9 Å². The van der Waals surface area contributed by atoms with Crippen LogP contribution in [0.3, 0.4) is 0 Å². The van der Waals surface area contributed by atoms with Gasteiger partial charge in [0.1, 0.15) is 0 Å². The van der Waals surface area contributed by atoms with Crippen LogP contribution in [0.2, 0.25) is 0 Å². The highest BCUT2D eigenvalue weighted by molar-refractivity contribution is 5.64. The van der Waals surface area contributed by atoms with Crippen LogP contribution in [0.25, 0.3) is 0 Å². The molecule has 1 rings (SSSR count). The molecule has 19 heavy (non-hydrogen) atoms. The molecule has 1 heterocycles. The average molecular weight is 269 g/mol. The van der Waals surface area contributed by atoms with Gasteiger partial charge in [-0.25, -0.2) is 0 Å². The average Bonchev–Trinajstić information content (AvgIpc) is 2.41. The molecule has 1 aromatic heterocycles. The number of pyridine rings is 1. The second-order valence-corrected chi connectivity index (χ2v) is 4.26. The molecule has 108 valence electrons. The second kappa shape index (κ2) is 7.81. The highest BCUT2D eigenvalue weighted by Gasteiger charge is 2.18. The fraction of sp³-hybridized carbons (Fsp3) is 0.615. The Morgan fingerprint density at radius 3 is 2.58 bits per heavy atom. The Morgan fingerprint density at radius 2 is 2.00 bits per heavy atom. The molecule has 0 saturated carbocycles. The van der Waals surface area contributed by atoms with E-state index in [0.717, 1.165) is 0 Å². The molecule has 0 bridgehead atoms. The predicted molar refractivity (Wildman–Crippen MR) is 75.8 cm³/mol. The number of nitrogen functional groups attached to an aromatic ring is 1. The summed E-state index contributed by atoms with van der Waals surface area (Å²) in [4.78, 5) is 6.48. The minimum atomic E-state index is 0.141. The molecule has 0 spiro atoms. The van der Waals surface area contributed by atoms with Gasteiger partial charge in [-0.1, -0.05) is 0 Å². The third kappa shape index (κ3) is 4.25. The number of aromatic nitrogens is 1. The van der Waals surface area contributed by atoms with Crippen LogP contribution in [0.4, 0.5) is 11.5 Å². The largest absolute Gasteiger partial charge is 0.481 e. The highest BCUT2D eigenvalue weighted by atomic mass is 16.5. The van der Waals surface area contributed by atoms with Crippen LogP contribution in [0.1, 0.15) is 6.92 Å². The first kappa shape index (κ1) is 15.5. The molecule has 1 unspecified atom stereocenters. The van der Waals surface area contributed by atoms with Gasteiger partial charge in [0.05, 0.1) is 32.1 Å². The van der Waals surface area contributed by atoms with Gasteiger partial charge in [-0.15, -0.1) is 0 Å². The molecule has 0 saturated heterocycles. The Bertz CT molecular complexity index is 387. The Morgan fingerprint density at radius 1 is 1.26 bits per heavy atom. The molecule has 0 fully saturated rings. The summed E-state index contributed by atoms with van der Waals surface area (Å²) in [6, 6.07) is 3.68. The van der Waals surface area contributed by atoms with Crippen molar-refractivity contribution in [1.82, 2.24) is 4.98 Å². The fourth-order valence-electron chi connectivity index (χ4n) is 1.84. The molecule has 2 N–H and O–H groups in total. The Labute approximate surface area is 114 Å². The first-order chi connectivity index (χ1) is 9.13. The Hall–Kier alpha value is -1.53. The molecule has 1 atom stereocenters. The number of rotatable bonds is 8. The zero-order chi connectivity index (χ0) is 14.3. The van der Waals surface area contributed by atoms with Gasteiger partial charge in [-0.05, 0) is 13.0 Å². The summed E-state index contributed by atoms with van der Waals surface area (Å²) in [7, 11) is 4.93.